The van der Waals surface area contributed by atoms with Crippen LogP contribution in [0.25, 0.3) is 33.7 Å². The van der Waals surface area contributed by atoms with Crippen molar-refractivity contribution in [2.45, 2.75) is 12.6 Å². The van der Waals surface area contributed by atoms with Crippen LogP contribution in [-0.2, 0) is 17.4 Å². The van der Waals surface area contributed by atoms with E-state index in [9.17, 15) is 18.0 Å². The molecule has 0 aliphatic carbocycles. The van der Waals surface area contributed by atoms with Gasteiger partial charge in [0.2, 0.25) is 5.89 Å². The monoisotopic (exact) mass is 466 g/mol. The predicted molar refractivity (Wildman–Crippen MR) is 121 cm³/mol. The zero-order chi connectivity index (χ0) is 23.9. The number of rotatable bonds is 6. The molecule has 2 heterocycles. The number of aliphatic carboxylic acids is 1. The molecule has 1 N–H and O–H groups in total. The van der Waals surface area contributed by atoms with Crippen molar-refractivity contribution in [2.24, 2.45) is 5.92 Å². The molecule has 5 rings (SSSR count). The second-order valence-corrected chi connectivity index (χ2v) is 8.49. The Morgan fingerprint density at radius 3 is 2.50 bits per heavy atom. The van der Waals surface area contributed by atoms with Gasteiger partial charge in [0.1, 0.15) is 5.52 Å². The van der Waals surface area contributed by atoms with E-state index >= 15 is 0 Å². The molecule has 0 spiro atoms. The summed E-state index contributed by atoms with van der Waals surface area (Å²) in [7, 11) is 0. The summed E-state index contributed by atoms with van der Waals surface area (Å²) >= 11 is 0. The second kappa shape index (κ2) is 8.61. The average Bonchev–Trinajstić information content (AvgIpc) is 3.21. The standard InChI is InChI=1S/C26H21F3N2O3/c27-26(28,29)21-13-18(7-8-20(21)17-4-2-1-3-5-17)24-30-22-12-16(6-9-23(22)34-24)10-11-31-14-19(15-31)25(32)33/h1-9,12-13,19H,10-11,14-15H2,(H,32,33). The molecule has 1 aliphatic rings. The first-order chi connectivity index (χ1) is 16.3. The predicted octanol–water partition coefficient (Wildman–Crippen LogP) is 5.74. The molecule has 4 aromatic rings. The number of alkyl halides is 3. The van der Waals surface area contributed by atoms with E-state index in [0.29, 0.717) is 36.2 Å². The van der Waals surface area contributed by atoms with Crippen LogP contribution in [0.15, 0.2) is 71.1 Å². The van der Waals surface area contributed by atoms with E-state index in [0.717, 1.165) is 18.2 Å². The van der Waals surface area contributed by atoms with Crippen LogP contribution in [0.2, 0.25) is 0 Å². The van der Waals surface area contributed by atoms with Gasteiger partial charge in [-0.15, -0.1) is 0 Å². The molecule has 0 radical (unpaired) electrons. The summed E-state index contributed by atoms with van der Waals surface area (Å²) < 4.78 is 47.3. The Kier molecular flexibility index (Phi) is 5.61. The smallest absolute Gasteiger partial charge is 0.417 e. The van der Waals surface area contributed by atoms with E-state index in [-0.39, 0.29) is 22.9 Å². The third-order valence-corrected chi connectivity index (χ3v) is 6.13. The van der Waals surface area contributed by atoms with Gasteiger partial charge < -0.3 is 14.4 Å². The molecule has 0 saturated carbocycles. The molecule has 8 heteroatoms. The van der Waals surface area contributed by atoms with Crippen molar-refractivity contribution >= 4 is 17.1 Å². The normalized spacial score (nSPS) is 14.9. The summed E-state index contributed by atoms with van der Waals surface area (Å²) in [6.07, 6.45) is -3.81. The molecule has 0 atom stereocenters. The summed E-state index contributed by atoms with van der Waals surface area (Å²) in [6.45, 7) is 1.83. The van der Waals surface area contributed by atoms with Crippen LogP contribution in [0.5, 0.6) is 0 Å². The zero-order valence-corrected chi connectivity index (χ0v) is 18.0. The molecule has 5 nitrogen and oxygen atoms in total. The zero-order valence-electron chi connectivity index (χ0n) is 18.0. The maximum absolute atomic E-state index is 13.9. The molecule has 1 saturated heterocycles. The van der Waals surface area contributed by atoms with Crippen molar-refractivity contribution in [1.82, 2.24) is 9.88 Å². The number of halogens is 3. The first-order valence-corrected chi connectivity index (χ1v) is 10.9. The number of nitrogens with zero attached hydrogens (tertiary/aromatic N) is 2. The lowest BCUT2D eigenvalue weighted by Crippen LogP contribution is -2.50. The van der Waals surface area contributed by atoms with Gasteiger partial charge in [-0.1, -0.05) is 42.5 Å². The molecule has 1 aromatic heterocycles. The fourth-order valence-electron chi connectivity index (χ4n) is 4.23. The number of hydrogen-bond acceptors (Lipinski definition) is 4. The maximum Gasteiger partial charge on any atom is 0.417 e. The van der Waals surface area contributed by atoms with Crippen LogP contribution < -0.4 is 0 Å². The van der Waals surface area contributed by atoms with E-state index < -0.39 is 17.7 Å². The Balaban J connectivity index is 1.39. The van der Waals surface area contributed by atoms with E-state index in [1.165, 1.54) is 6.07 Å². The van der Waals surface area contributed by atoms with Crippen molar-refractivity contribution in [2.75, 3.05) is 19.6 Å². The quantitative estimate of drug-likeness (QED) is 0.393. The highest BCUT2D eigenvalue weighted by Crippen LogP contribution is 2.39. The van der Waals surface area contributed by atoms with Gasteiger partial charge in [0, 0.05) is 25.2 Å². The summed E-state index contributed by atoms with van der Waals surface area (Å²) in [5.41, 5.74) is 2.17. The van der Waals surface area contributed by atoms with Crippen LogP contribution in [-0.4, -0.2) is 40.6 Å². The molecule has 34 heavy (non-hydrogen) atoms. The highest BCUT2D eigenvalue weighted by atomic mass is 19.4. The van der Waals surface area contributed by atoms with E-state index in [1.54, 1.807) is 42.5 Å². The van der Waals surface area contributed by atoms with Gasteiger partial charge in [-0.3, -0.25) is 4.79 Å². The van der Waals surface area contributed by atoms with Gasteiger partial charge >= 0.3 is 12.1 Å². The Labute approximate surface area is 193 Å². The fourth-order valence-corrected chi connectivity index (χ4v) is 4.23. The number of likely N-dealkylation sites (tertiary alicyclic amines) is 1. The minimum absolute atomic E-state index is 0.103. The summed E-state index contributed by atoms with van der Waals surface area (Å²) in [6, 6.07) is 18.1. The van der Waals surface area contributed by atoms with Gasteiger partial charge in [0.15, 0.2) is 5.58 Å². The number of aromatic nitrogens is 1. The van der Waals surface area contributed by atoms with Crippen molar-refractivity contribution in [3.63, 3.8) is 0 Å². The second-order valence-electron chi connectivity index (χ2n) is 8.49. The minimum Gasteiger partial charge on any atom is -0.481 e. The van der Waals surface area contributed by atoms with Gasteiger partial charge in [-0.05, 0) is 47.4 Å². The Morgan fingerprint density at radius 2 is 1.79 bits per heavy atom. The number of oxazole rings is 1. The minimum atomic E-state index is -4.53. The summed E-state index contributed by atoms with van der Waals surface area (Å²) in [5.74, 6) is -0.932. The number of carboxylic acid groups (broad SMARTS) is 1. The van der Waals surface area contributed by atoms with E-state index in [2.05, 4.69) is 9.88 Å². The van der Waals surface area contributed by atoms with Gasteiger partial charge in [0.05, 0.1) is 11.5 Å². The number of hydrogen-bond donors (Lipinski definition) is 1. The van der Waals surface area contributed by atoms with Crippen molar-refractivity contribution in [3.05, 3.63) is 77.9 Å². The molecule has 0 amide bonds. The molecule has 3 aromatic carbocycles. The van der Waals surface area contributed by atoms with Crippen LogP contribution in [0.1, 0.15) is 11.1 Å². The van der Waals surface area contributed by atoms with Gasteiger partial charge in [-0.25, -0.2) is 4.98 Å². The van der Waals surface area contributed by atoms with Crippen LogP contribution >= 0.6 is 0 Å². The molecule has 1 fully saturated rings. The Bertz CT molecular complexity index is 1340. The third kappa shape index (κ3) is 4.41. The van der Waals surface area contributed by atoms with Crippen LogP contribution in [0.4, 0.5) is 13.2 Å². The highest BCUT2D eigenvalue weighted by molar-refractivity contribution is 5.78. The third-order valence-electron chi connectivity index (χ3n) is 6.13. The Hall–Kier alpha value is -3.65. The lowest BCUT2D eigenvalue weighted by Gasteiger charge is -2.36. The summed E-state index contributed by atoms with van der Waals surface area (Å²) in [4.78, 5) is 17.4. The van der Waals surface area contributed by atoms with E-state index in [1.807, 2.05) is 12.1 Å². The molecule has 0 bridgehead atoms. The maximum atomic E-state index is 13.9. The summed E-state index contributed by atoms with van der Waals surface area (Å²) in [5, 5.41) is 8.98. The Morgan fingerprint density at radius 1 is 1.03 bits per heavy atom. The molecule has 174 valence electrons. The van der Waals surface area contributed by atoms with Crippen molar-refractivity contribution in [1.29, 1.82) is 0 Å². The van der Waals surface area contributed by atoms with Crippen molar-refractivity contribution in [3.8, 4) is 22.6 Å². The van der Waals surface area contributed by atoms with Gasteiger partial charge in [-0.2, -0.15) is 13.2 Å². The highest BCUT2D eigenvalue weighted by Gasteiger charge is 2.34. The topological polar surface area (TPSA) is 66.6 Å². The SMILES string of the molecule is O=C(O)C1CN(CCc2ccc3oc(-c4ccc(-c5ccccc5)c(C(F)(F)F)c4)nc3c2)C1. The number of carboxylic acids is 1. The first kappa shape index (κ1) is 22.2. The average molecular weight is 466 g/mol. The van der Waals surface area contributed by atoms with E-state index in [4.69, 9.17) is 9.52 Å². The molecule has 1 aliphatic heterocycles. The first-order valence-electron chi connectivity index (χ1n) is 10.9. The molecule has 0 unspecified atom stereocenters. The largest absolute Gasteiger partial charge is 0.481 e. The lowest BCUT2D eigenvalue weighted by molar-refractivity contribution is -0.147. The van der Waals surface area contributed by atoms with Gasteiger partial charge in [0.25, 0.3) is 0 Å². The van der Waals surface area contributed by atoms with Crippen LogP contribution in [0, 0.1) is 5.92 Å². The number of fused-ring (bicyclic) bond motifs is 1. The molecular weight excluding hydrogens is 445 g/mol. The number of carbonyl (C=O) groups is 1. The lowest BCUT2D eigenvalue weighted by atomic mass is 9.97. The van der Waals surface area contributed by atoms with Crippen molar-refractivity contribution < 1.29 is 27.5 Å². The van der Waals surface area contributed by atoms with Crippen LogP contribution in [0.3, 0.4) is 0 Å². The fraction of sp³-hybridized carbons (Fsp3) is 0.231. The molecular formula is C26H21F3N2O3. The number of benzene rings is 3.